The number of hydrogen-bond acceptors (Lipinski definition) is 9. The number of alkyl halides is 1. The highest BCUT2D eigenvalue weighted by Gasteiger charge is 2.45. The molecule has 1 rings (SSSR count). The zero-order valence-corrected chi connectivity index (χ0v) is 19.1. The van der Waals surface area contributed by atoms with Crippen LogP contribution in [0.3, 0.4) is 0 Å². The second-order valence-electron chi connectivity index (χ2n) is 6.45. The summed E-state index contributed by atoms with van der Waals surface area (Å²) in [7, 11) is 0. The minimum Gasteiger partial charge on any atom is -0.460 e. The summed E-state index contributed by atoms with van der Waals surface area (Å²) in [5.74, 6) is -1.28. The number of halogens is 1. The fourth-order valence-electron chi connectivity index (χ4n) is 2.28. The second-order valence-corrected chi connectivity index (χ2v) is 7.35. The molecule has 0 saturated carbocycles. The van der Waals surface area contributed by atoms with Crippen LogP contribution in [0.2, 0.25) is 0 Å². The molecule has 0 radical (unpaired) electrons. The first kappa shape index (κ1) is 27.5. The second kappa shape index (κ2) is 14.5. The normalized spacial score (nSPS) is 25.8. The molecule has 0 aromatic heterocycles. The third-order valence-electron chi connectivity index (χ3n) is 3.83. The molecule has 0 unspecified atom stereocenters. The summed E-state index contributed by atoms with van der Waals surface area (Å²) in [4.78, 5) is 32.9. The minimum absolute atomic E-state index is 0.0194. The molecular formula is C19H31BrO9. The maximum Gasteiger partial charge on any atom is 0.333 e. The summed E-state index contributed by atoms with van der Waals surface area (Å²) in [6.45, 7) is 12.2. The Morgan fingerprint density at radius 2 is 1.55 bits per heavy atom. The molecule has 0 aromatic rings. The molecule has 0 bridgehead atoms. The molecule has 0 spiro atoms. The molecule has 1 saturated heterocycles. The van der Waals surface area contributed by atoms with Crippen LogP contribution in [-0.2, 0) is 38.1 Å². The Morgan fingerprint density at radius 3 is 2.03 bits per heavy atom. The van der Waals surface area contributed by atoms with Gasteiger partial charge in [-0.05, 0) is 13.8 Å². The van der Waals surface area contributed by atoms with Crippen molar-refractivity contribution >= 4 is 33.8 Å². The van der Waals surface area contributed by atoms with Crippen molar-refractivity contribution in [3.8, 4) is 0 Å². The Labute approximate surface area is 179 Å². The summed E-state index contributed by atoms with van der Waals surface area (Å²) < 4.78 is 25.5. The van der Waals surface area contributed by atoms with Crippen molar-refractivity contribution in [2.24, 2.45) is 5.92 Å². The van der Waals surface area contributed by atoms with Gasteiger partial charge in [0, 0.05) is 25.3 Å². The molecular weight excluding hydrogens is 452 g/mol. The Hall–Kier alpha value is -1.49. The molecule has 10 heteroatoms. The highest BCUT2D eigenvalue weighted by atomic mass is 79.9. The van der Waals surface area contributed by atoms with Crippen molar-refractivity contribution in [2.45, 2.75) is 57.9 Å². The van der Waals surface area contributed by atoms with Gasteiger partial charge in [-0.2, -0.15) is 0 Å². The van der Waals surface area contributed by atoms with Gasteiger partial charge in [0.25, 0.3) is 0 Å². The van der Waals surface area contributed by atoms with E-state index in [1.54, 1.807) is 6.92 Å². The summed E-state index contributed by atoms with van der Waals surface area (Å²) in [5.41, 5.74) is 0.372. The van der Waals surface area contributed by atoms with Crippen LogP contribution in [0.25, 0.3) is 0 Å². The Balaban J connectivity index is 0.000000578. The molecule has 168 valence electrons. The number of aliphatic hydroxyl groups is 1. The molecule has 0 aliphatic carbocycles. The highest BCUT2D eigenvalue weighted by Crippen LogP contribution is 2.32. The maximum atomic E-state index is 11.1. The highest BCUT2D eigenvalue weighted by molar-refractivity contribution is 9.09. The van der Waals surface area contributed by atoms with Crippen molar-refractivity contribution in [2.75, 3.05) is 26.4 Å². The van der Waals surface area contributed by atoms with E-state index < -0.39 is 35.1 Å². The quantitative estimate of drug-likeness (QED) is 0.181. The minimum atomic E-state index is -0.623. The van der Waals surface area contributed by atoms with E-state index >= 15 is 0 Å². The molecule has 0 amide bonds. The monoisotopic (exact) mass is 482 g/mol. The van der Waals surface area contributed by atoms with Gasteiger partial charge >= 0.3 is 17.9 Å². The fourth-order valence-corrected chi connectivity index (χ4v) is 3.03. The molecule has 1 N–H and O–H groups in total. The van der Waals surface area contributed by atoms with E-state index in [4.69, 9.17) is 28.8 Å². The average Bonchev–Trinajstić information content (AvgIpc) is 2.62. The Kier molecular flexibility index (Phi) is 13.7. The predicted molar refractivity (Wildman–Crippen MR) is 107 cm³/mol. The van der Waals surface area contributed by atoms with Gasteiger partial charge in [0.2, 0.25) is 0 Å². The van der Waals surface area contributed by atoms with E-state index in [2.05, 4.69) is 22.5 Å². The number of ether oxygens (including phenoxy) is 5. The summed E-state index contributed by atoms with van der Waals surface area (Å²) in [6, 6.07) is 0. The van der Waals surface area contributed by atoms with Gasteiger partial charge in [-0.1, -0.05) is 29.4 Å². The van der Waals surface area contributed by atoms with Crippen LogP contribution in [-0.4, -0.2) is 72.8 Å². The van der Waals surface area contributed by atoms with Gasteiger partial charge in [0.15, 0.2) is 11.1 Å². The van der Waals surface area contributed by atoms with Crippen LogP contribution in [0, 0.1) is 5.92 Å². The first-order valence-corrected chi connectivity index (χ1v) is 10.1. The largest absolute Gasteiger partial charge is 0.460 e. The predicted octanol–water partition coefficient (Wildman–Crippen LogP) is 1.74. The Bertz CT molecular complexity index is 552. The number of hydrogen-bond donors (Lipinski definition) is 1. The fraction of sp³-hybridized carbons (Fsp3) is 0.737. The zero-order chi connectivity index (χ0) is 22.6. The molecule has 1 aliphatic rings. The lowest BCUT2D eigenvalue weighted by Gasteiger charge is -2.41. The summed E-state index contributed by atoms with van der Waals surface area (Å²) in [6.07, 6.45) is -1.21. The lowest BCUT2D eigenvalue weighted by molar-refractivity contribution is -0.203. The first-order chi connectivity index (χ1) is 13.5. The number of rotatable bonds is 8. The molecule has 1 fully saturated rings. The maximum absolute atomic E-state index is 11.1. The number of carbonyl (C=O) groups excluding carboxylic acids is 3. The van der Waals surface area contributed by atoms with E-state index in [0.29, 0.717) is 12.2 Å². The molecule has 1 heterocycles. The topological polar surface area (TPSA) is 118 Å². The van der Waals surface area contributed by atoms with Gasteiger partial charge < -0.3 is 28.8 Å². The van der Waals surface area contributed by atoms with E-state index in [-0.39, 0.29) is 31.8 Å². The van der Waals surface area contributed by atoms with Crippen molar-refractivity contribution in [3.05, 3.63) is 12.2 Å². The van der Waals surface area contributed by atoms with Crippen LogP contribution in [0.1, 0.15) is 34.6 Å². The standard InChI is InChI=1S/C11H17BrO5.C8H14O4/c1-5-6(2)15-11(12)10(17-8(4)14)9(5)16-7(3)13;1-7(2)8(10)12-6-5-11-4-3-9/h5-6,9-11H,1-4H3;9H,1,3-6H2,2H3/t5-,6+,9-,10+,11-;/m0./s1. The van der Waals surface area contributed by atoms with Gasteiger partial charge in [0.1, 0.15) is 12.7 Å². The summed E-state index contributed by atoms with van der Waals surface area (Å²) in [5, 5.41) is 7.85. The van der Waals surface area contributed by atoms with Crippen molar-refractivity contribution in [1.82, 2.24) is 0 Å². The number of aliphatic hydroxyl groups excluding tert-OH is 1. The average molecular weight is 483 g/mol. The Morgan fingerprint density at radius 1 is 1.00 bits per heavy atom. The smallest absolute Gasteiger partial charge is 0.333 e. The van der Waals surface area contributed by atoms with Crippen LogP contribution < -0.4 is 0 Å². The van der Waals surface area contributed by atoms with Crippen molar-refractivity contribution in [1.29, 1.82) is 0 Å². The molecule has 5 atom stereocenters. The van der Waals surface area contributed by atoms with E-state index in [9.17, 15) is 14.4 Å². The third kappa shape index (κ3) is 11.3. The molecule has 0 aromatic carbocycles. The lowest BCUT2D eigenvalue weighted by Crippen LogP contribution is -2.53. The number of esters is 3. The van der Waals surface area contributed by atoms with Gasteiger partial charge in [-0.25, -0.2) is 4.79 Å². The van der Waals surface area contributed by atoms with Gasteiger partial charge in [0.05, 0.1) is 25.9 Å². The van der Waals surface area contributed by atoms with E-state index in [1.165, 1.54) is 13.8 Å². The summed E-state index contributed by atoms with van der Waals surface area (Å²) >= 11 is 3.29. The first-order valence-electron chi connectivity index (χ1n) is 9.16. The van der Waals surface area contributed by atoms with Crippen molar-refractivity contribution < 1.29 is 43.2 Å². The third-order valence-corrected chi connectivity index (χ3v) is 4.57. The molecule has 29 heavy (non-hydrogen) atoms. The van der Waals surface area contributed by atoms with Crippen molar-refractivity contribution in [3.63, 3.8) is 0 Å². The van der Waals surface area contributed by atoms with E-state index in [1.807, 2.05) is 13.8 Å². The van der Waals surface area contributed by atoms with Crippen LogP contribution >= 0.6 is 15.9 Å². The van der Waals surface area contributed by atoms with Gasteiger partial charge in [-0.3, -0.25) is 9.59 Å². The van der Waals surface area contributed by atoms with Crippen LogP contribution in [0.4, 0.5) is 0 Å². The van der Waals surface area contributed by atoms with Crippen LogP contribution in [0.15, 0.2) is 12.2 Å². The molecule has 1 aliphatic heterocycles. The SMILES string of the molecule is C=C(C)C(=O)OCCOCCO.CC(=O)O[C@@H]1[C@@H](OC(C)=O)[C@@H](C)[C@@H](C)O[C@@H]1Br. The van der Waals surface area contributed by atoms with E-state index in [0.717, 1.165) is 0 Å². The number of carbonyl (C=O) groups is 3. The van der Waals surface area contributed by atoms with Crippen LogP contribution in [0.5, 0.6) is 0 Å². The lowest BCUT2D eigenvalue weighted by atomic mass is 9.92. The van der Waals surface area contributed by atoms with Gasteiger partial charge in [-0.15, -0.1) is 0 Å². The molecule has 9 nitrogen and oxygen atoms in total. The zero-order valence-electron chi connectivity index (χ0n) is 17.5.